The van der Waals surface area contributed by atoms with Gasteiger partial charge in [-0.05, 0) is 19.1 Å². The molecule has 0 fully saturated rings. The van der Waals surface area contributed by atoms with Crippen molar-refractivity contribution in [2.24, 2.45) is 7.05 Å². The molecule has 0 aliphatic carbocycles. The number of anilines is 1. The predicted octanol–water partition coefficient (Wildman–Crippen LogP) is 1.75. The van der Waals surface area contributed by atoms with E-state index in [0.29, 0.717) is 5.69 Å². The highest BCUT2D eigenvalue weighted by atomic mass is 35.5. The zero-order valence-electron chi connectivity index (χ0n) is 11.0. The standard InChI is InChI=1S/C12H10Cl2N4O3/c1-5-9(14)10(19)8(12(21)18(5)2)11(20)15-7-4-3-6(13)16-17-7/h3-4,19H,1-2H3,(H,15,17,20). The molecule has 2 aromatic heterocycles. The Morgan fingerprint density at radius 3 is 2.57 bits per heavy atom. The van der Waals surface area contributed by atoms with Crippen LogP contribution >= 0.6 is 23.2 Å². The van der Waals surface area contributed by atoms with E-state index in [1.54, 1.807) is 6.92 Å². The summed E-state index contributed by atoms with van der Waals surface area (Å²) in [6.07, 6.45) is 0. The zero-order valence-corrected chi connectivity index (χ0v) is 12.5. The highest BCUT2D eigenvalue weighted by Crippen LogP contribution is 2.28. The number of nitrogens with zero attached hydrogens (tertiary/aromatic N) is 3. The van der Waals surface area contributed by atoms with Crippen molar-refractivity contribution in [3.05, 3.63) is 43.9 Å². The maximum absolute atomic E-state index is 12.1. The van der Waals surface area contributed by atoms with Gasteiger partial charge >= 0.3 is 0 Å². The van der Waals surface area contributed by atoms with Crippen molar-refractivity contribution < 1.29 is 9.90 Å². The number of halogens is 2. The van der Waals surface area contributed by atoms with Gasteiger partial charge < -0.3 is 15.0 Å². The van der Waals surface area contributed by atoms with E-state index >= 15 is 0 Å². The molecule has 0 unspecified atom stereocenters. The van der Waals surface area contributed by atoms with E-state index in [1.807, 2.05) is 0 Å². The smallest absolute Gasteiger partial charge is 0.267 e. The number of amides is 1. The second-order valence-corrected chi connectivity index (χ2v) is 4.95. The first-order valence-corrected chi connectivity index (χ1v) is 6.47. The zero-order chi connectivity index (χ0) is 15.7. The van der Waals surface area contributed by atoms with Crippen LogP contribution in [0.1, 0.15) is 16.1 Å². The normalized spacial score (nSPS) is 10.5. The molecule has 7 nitrogen and oxygen atoms in total. The average molecular weight is 329 g/mol. The molecule has 0 saturated carbocycles. The van der Waals surface area contributed by atoms with E-state index in [-0.39, 0.29) is 16.0 Å². The Balaban J connectivity index is 2.45. The van der Waals surface area contributed by atoms with Crippen LogP contribution in [-0.4, -0.2) is 25.8 Å². The van der Waals surface area contributed by atoms with Crippen LogP contribution in [0.4, 0.5) is 5.82 Å². The summed E-state index contributed by atoms with van der Waals surface area (Å²) in [6.45, 7) is 1.55. The molecule has 0 aliphatic rings. The van der Waals surface area contributed by atoms with Crippen LogP contribution in [-0.2, 0) is 7.05 Å². The molecule has 0 aliphatic heterocycles. The first-order valence-electron chi connectivity index (χ1n) is 5.71. The van der Waals surface area contributed by atoms with E-state index in [4.69, 9.17) is 23.2 Å². The van der Waals surface area contributed by atoms with E-state index in [9.17, 15) is 14.7 Å². The number of aromatic hydroxyl groups is 1. The Labute approximate surface area is 129 Å². The number of pyridine rings is 1. The van der Waals surface area contributed by atoms with Gasteiger partial charge in [-0.15, -0.1) is 10.2 Å². The summed E-state index contributed by atoms with van der Waals surface area (Å²) in [4.78, 5) is 24.2. The van der Waals surface area contributed by atoms with Gasteiger partial charge in [0.05, 0.1) is 0 Å². The Hall–Kier alpha value is -2.12. The Morgan fingerprint density at radius 1 is 1.33 bits per heavy atom. The predicted molar refractivity (Wildman–Crippen MR) is 78.1 cm³/mol. The fraction of sp³-hybridized carbons (Fsp3) is 0.167. The van der Waals surface area contributed by atoms with Crippen molar-refractivity contribution in [3.8, 4) is 5.75 Å². The SMILES string of the molecule is Cc1c(Cl)c(O)c(C(=O)Nc2ccc(Cl)nn2)c(=O)n1C. The molecule has 2 rings (SSSR count). The number of aromatic nitrogens is 3. The first kappa shape index (κ1) is 15.3. The lowest BCUT2D eigenvalue weighted by Gasteiger charge is -2.11. The van der Waals surface area contributed by atoms with Crippen LogP contribution in [0, 0.1) is 6.92 Å². The molecule has 21 heavy (non-hydrogen) atoms. The van der Waals surface area contributed by atoms with Crippen molar-refractivity contribution in [2.75, 3.05) is 5.32 Å². The summed E-state index contributed by atoms with van der Waals surface area (Å²) in [5, 5.41) is 19.5. The number of carbonyl (C=O) groups is 1. The highest BCUT2D eigenvalue weighted by Gasteiger charge is 2.22. The van der Waals surface area contributed by atoms with Gasteiger partial charge in [-0.25, -0.2) is 0 Å². The Morgan fingerprint density at radius 2 is 2.00 bits per heavy atom. The first-order chi connectivity index (χ1) is 9.82. The van der Waals surface area contributed by atoms with Gasteiger partial charge in [0, 0.05) is 12.7 Å². The van der Waals surface area contributed by atoms with E-state index in [1.165, 1.54) is 23.7 Å². The molecular formula is C12H10Cl2N4O3. The van der Waals surface area contributed by atoms with Crippen LogP contribution in [0.2, 0.25) is 10.2 Å². The van der Waals surface area contributed by atoms with Gasteiger partial charge in [0.15, 0.2) is 16.7 Å². The number of carbonyl (C=O) groups excluding carboxylic acids is 1. The second-order valence-electron chi connectivity index (χ2n) is 4.18. The average Bonchev–Trinajstić information content (AvgIpc) is 2.46. The Kier molecular flexibility index (Phi) is 4.15. The fourth-order valence-corrected chi connectivity index (χ4v) is 1.94. The van der Waals surface area contributed by atoms with E-state index in [0.717, 1.165) is 0 Å². The molecule has 1 amide bonds. The lowest BCUT2D eigenvalue weighted by atomic mass is 10.2. The molecular weight excluding hydrogens is 319 g/mol. The van der Waals surface area contributed by atoms with Crippen molar-refractivity contribution in [1.82, 2.24) is 14.8 Å². The third-order valence-electron chi connectivity index (χ3n) is 2.88. The van der Waals surface area contributed by atoms with Gasteiger partial charge in [0.25, 0.3) is 11.5 Å². The second kappa shape index (κ2) is 5.71. The van der Waals surface area contributed by atoms with Gasteiger partial charge in [-0.2, -0.15) is 0 Å². The van der Waals surface area contributed by atoms with Crippen molar-refractivity contribution in [3.63, 3.8) is 0 Å². The van der Waals surface area contributed by atoms with Gasteiger partial charge in [-0.1, -0.05) is 23.2 Å². The van der Waals surface area contributed by atoms with Crippen LogP contribution in [0.15, 0.2) is 16.9 Å². The summed E-state index contributed by atoms with van der Waals surface area (Å²) in [5.74, 6) is -1.33. The number of hydrogen-bond donors (Lipinski definition) is 2. The molecule has 0 atom stereocenters. The van der Waals surface area contributed by atoms with Crippen LogP contribution < -0.4 is 10.9 Å². The van der Waals surface area contributed by atoms with Crippen LogP contribution in [0.5, 0.6) is 5.75 Å². The Bertz CT molecular complexity index is 772. The van der Waals surface area contributed by atoms with Crippen molar-refractivity contribution >= 4 is 34.9 Å². The quantitative estimate of drug-likeness (QED) is 0.875. The van der Waals surface area contributed by atoms with Gasteiger partial charge in [-0.3, -0.25) is 9.59 Å². The van der Waals surface area contributed by atoms with Crippen LogP contribution in [0.25, 0.3) is 0 Å². The highest BCUT2D eigenvalue weighted by molar-refractivity contribution is 6.33. The maximum Gasteiger partial charge on any atom is 0.267 e. The third kappa shape index (κ3) is 2.84. The van der Waals surface area contributed by atoms with Crippen molar-refractivity contribution in [2.45, 2.75) is 6.92 Å². The molecule has 0 saturated heterocycles. The van der Waals surface area contributed by atoms with Crippen molar-refractivity contribution in [1.29, 1.82) is 0 Å². The molecule has 2 heterocycles. The number of hydrogen-bond acceptors (Lipinski definition) is 5. The molecule has 0 radical (unpaired) electrons. The molecule has 0 spiro atoms. The lowest BCUT2D eigenvalue weighted by Crippen LogP contribution is -2.29. The molecule has 2 N–H and O–H groups in total. The molecule has 110 valence electrons. The van der Waals surface area contributed by atoms with Gasteiger partial charge in [0.2, 0.25) is 0 Å². The minimum Gasteiger partial charge on any atom is -0.505 e. The molecule has 9 heteroatoms. The molecule has 0 bridgehead atoms. The summed E-state index contributed by atoms with van der Waals surface area (Å²) in [6, 6.07) is 2.83. The lowest BCUT2D eigenvalue weighted by molar-refractivity contribution is 0.102. The summed E-state index contributed by atoms with van der Waals surface area (Å²) in [7, 11) is 1.45. The van der Waals surface area contributed by atoms with Crippen LogP contribution in [0.3, 0.4) is 0 Å². The molecule has 0 aromatic carbocycles. The number of rotatable bonds is 2. The summed E-state index contributed by atoms with van der Waals surface area (Å²) < 4.78 is 1.17. The minimum absolute atomic E-state index is 0.0653. The third-order valence-corrected chi connectivity index (χ3v) is 3.54. The summed E-state index contributed by atoms with van der Waals surface area (Å²) >= 11 is 11.5. The van der Waals surface area contributed by atoms with E-state index < -0.39 is 22.8 Å². The number of nitrogens with one attached hydrogen (secondary N) is 1. The minimum atomic E-state index is -0.841. The monoisotopic (exact) mass is 328 g/mol. The molecule has 2 aromatic rings. The summed E-state index contributed by atoms with van der Waals surface area (Å²) in [5.41, 5.74) is -0.791. The maximum atomic E-state index is 12.1. The van der Waals surface area contributed by atoms with Gasteiger partial charge in [0.1, 0.15) is 10.6 Å². The topological polar surface area (TPSA) is 97.1 Å². The largest absolute Gasteiger partial charge is 0.505 e. The fourth-order valence-electron chi connectivity index (χ4n) is 1.62. The van der Waals surface area contributed by atoms with E-state index in [2.05, 4.69) is 15.5 Å².